The fraction of sp³-hybridized carbons (Fsp3) is 0.273. The second-order valence-corrected chi connectivity index (χ2v) is 3.74. The van der Waals surface area contributed by atoms with Gasteiger partial charge in [0, 0.05) is 6.07 Å². The Morgan fingerprint density at radius 3 is 2.64 bits per heavy atom. The van der Waals surface area contributed by atoms with Crippen molar-refractivity contribution in [2.75, 3.05) is 0 Å². The molecule has 0 radical (unpaired) electrons. The van der Waals surface area contributed by atoms with Crippen molar-refractivity contribution in [2.45, 2.75) is 19.4 Å². The third-order valence-corrected chi connectivity index (χ3v) is 1.92. The number of benzene rings is 1. The molecule has 0 N–H and O–H groups in total. The Balaban J connectivity index is 2.90. The first kappa shape index (κ1) is 10.9. The molecule has 0 unspecified atom stereocenters. The van der Waals surface area contributed by atoms with Crippen molar-refractivity contribution in [3.63, 3.8) is 0 Å². The van der Waals surface area contributed by atoms with Crippen molar-refractivity contribution >= 4 is 11.6 Å². The highest BCUT2D eigenvalue weighted by atomic mass is 35.5. The summed E-state index contributed by atoms with van der Waals surface area (Å²) >= 11 is 5.51. The Bertz CT molecular complexity index is 379. The van der Waals surface area contributed by atoms with Gasteiger partial charge in [0.25, 0.3) is 0 Å². The molecule has 74 valence electrons. The molecule has 1 aromatic rings. The van der Waals surface area contributed by atoms with E-state index in [9.17, 15) is 4.39 Å². The number of hydrogen-bond donors (Lipinski definition) is 0. The number of hydrogen-bond acceptors (Lipinski definition) is 1. The van der Waals surface area contributed by atoms with Crippen LogP contribution in [-0.4, -0.2) is 5.60 Å². The van der Waals surface area contributed by atoms with Gasteiger partial charge >= 0.3 is 0 Å². The molecule has 0 amide bonds. The van der Waals surface area contributed by atoms with Crippen LogP contribution in [0, 0.1) is 18.2 Å². The van der Waals surface area contributed by atoms with Crippen LogP contribution in [0.4, 0.5) is 4.39 Å². The first-order chi connectivity index (χ1) is 6.44. The quantitative estimate of drug-likeness (QED) is 0.684. The molecule has 0 atom stereocenters. The summed E-state index contributed by atoms with van der Waals surface area (Å²) in [7, 11) is 0. The third-order valence-electron chi connectivity index (χ3n) is 1.61. The fourth-order valence-electron chi connectivity index (χ4n) is 0.864. The SMILES string of the molecule is C#CC(C)(C)Oc1ccc(Cl)c(F)c1. The van der Waals surface area contributed by atoms with Crippen molar-refractivity contribution in [3.05, 3.63) is 29.0 Å². The van der Waals surface area contributed by atoms with Crippen molar-refractivity contribution in [1.29, 1.82) is 0 Å². The van der Waals surface area contributed by atoms with Gasteiger partial charge in [-0.3, -0.25) is 0 Å². The van der Waals surface area contributed by atoms with Crippen LogP contribution in [0.1, 0.15) is 13.8 Å². The van der Waals surface area contributed by atoms with Crippen LogP contribution < -0.4 is 4.74 Å². The molecule has 0 aliphatic heterocycles. The summed E-state index contributed by atoms with van der Waals surface area (Å²) in [6.45, 7) is 3.44. The van der Waals surface area contributed by atoms with Gasteiger partial charge in [-0.05, 0) is 26.0 Å². The van der Waals surface area contributed by atoms with Crippen LogP contribution in [0.5, 0.6) is 5.75 Å². The molecule has 0 aliphatic rings. The molecule has 1 nitrogen and oxygen atoms in total. The summed E-state index contributed by atoms with van der Waals surface area (Å²) in [6, 6.07) is 4.21. The van der Waals surface area contributed by atoms with Gasteiger partial charge in [0.2, 0.25) is 0 Å². The normalized spacial score (nSPS) is 10.8. The van der Waals surface area contributed by atoms with E-state index in [1.807, 2.05) is 0 Å². The van der Waals surface area contributed by atoms with Gasteiger partial charge in [-0.15, -0.1) is 6.42 Å². The van der Waals surface area contributed by atoms with E-state index in [1.54, 1.807) is 19.9 Å². The van der Waals surface area contributed by atoms with Crippen LogP contribution in [0.25, 0.3) is 0 Å². The lowest BCUT2D eigenvalue weighted by Gasteiger charge is -2.20. The van der Waals surface area contributed by atoms with E-state index in [4.69, 9.17) is 22.8 Å². The second-order valence-electron chi connectivity index (χ2n) is 3.33. The largest absolute Gasteiger partial charge is 0.475 e. The van der Waals surface area contributed by atoms with E-state index in [2.05, 4.69) is 5.92 Å². The molecule has 0 spiro atoms. The predicted molar refractivity (Wildman–Crippen MR) is 55.0 cm³/mol. The van der Waals surface area contributed by atoms with Crippen LogP contribution in [0.3, 0.4) is 0 Å². The van der Waals surface area contributed by atoms with Gasteiger partial charge in [0.05, 0.1) is 5.02 Å². The Hall–Kier alpha value is -1.20. The molecule has 1 aromatic carbocycles. The molecule has 0 aliphatic carbocycles. The topological polar surface area (TPSA) is 9.23 Å². The highest BCUT2D eigenvalue weighted by molar-refractivity contribution is 6.30. The summed E-state index contributed by atoms with van der Waals surface area (Å²) in [5.41, 5.74) is -0.750. The lowest BCUT2D eigenvalue weighted by molar-refractivity contribution is 0.172. The van der Waals surface area contributed by atoms with Gasteiger partial charge in [-0.1, -0.05) is 17.5 Å². The maximum absolute atomic E-state index is 13.0. The summed E-state index contributed by atoms with van der Waals surface area (Å²) in [5, 5.41) is 0.0656. The maximum atomic E-state index is 13.0. The predicted octanol–water partition coefficient (Wildman–Crippen LogP) is 3.27. The van der Waals surface area contributed by atoms with Crippen molar-refractivity contribution in [1.82, 2.24) is 0 Å². The maximum Gasteiger partial charge on any atom is 0.163 e. The molecule has 0 fully saturated rings. The molecule has 0 bridgehead atoms. The number of rotatable bonds is 2. The van der Waals surface area contributed by atoms with Crippen molar-refractivity contribution in [3.8, 4) is 18.1 Å². The standard InChI is InChI=1S/C11H10ClFO/c1-4-11(2,3)14-8-5-6-9(12)10(13)7-8/h1,5-7H,2-3H3. The molecular formula is C11H10ClFO. The van der Waals surface area contributed by atoms with Crippen LogP contribution in [-0.2, 0) is 0 Å². The minimum absolute atomic E-state index is 0.0656. The van der Waals surface area contributed by atoms with E-state index in [0.29, 0.717) is 5.75 Å². The van der Waals surface area contributed by atoms with Crippen LogP contribution in [0.15, 0.2) is 18.2 Å². The molecule has 14 heavy (non-hydrogen) atoms. The van der Waals surface area contributed by atoms with Crippen molar-refractivity contribution < 1.29 is 9.13 Å². The lowest BCUT2D eigenvalue weighted by atomic mass is 10.1. The third kappa shape index (κ3) is 2.65. The highest BCUT2D eigenvalue weighted by Crippen LogP contribution is 2.23. The van der Waals surface area contributed by atoms with Crippen LogP contribution in [0.2, 0.25) is 5.02 Å². The molecule has 3 heteroatoms. The first-order valence-corrected chi connectivity index (χ1v) is 4.44. The molecule has 0 aromatic heterocycles. The Labute approximate surface area is 87.8 Å². The highest BCUT2D eigenvalue weighted by Gasteiger charge is 2.16. The zero-order valence-electron chi connectivity index (χ0n) is 7.97. The number of terminal acetylenes is 1. The van der Waals surface area contributed by atoms with Gasteiger partial charge in [-0.25, -0.2) is 4.39 Å². The second kappa shape index (κ2) is 3.89. The van der Waals surface area contributed by atoms with E-state index < -0.39 is 11.4 Å². The number of ether oxygens (including phenoxy) is 1. The zero-order valence-corrected chi connectivity index (χ0v) is 8.73. The number of halogens is 2. The minimum atomic E-state index is -0.750. The summed E-state index contributed by atoms with van der Waals surface area (Å²) in [5.74, 6) is 2.30. The molecule has 0 heterocycles. The lowest BCUT2D eigenvalue weighted by Crippen LogP contribution is -2.25. The Morgan fingerprint density at radius 2 is 2.14 bits per heavy atom. The Morgan fingerprint density at radius 1 is 1.50 bits per heavy atom. The minimum Gasteiger partial charge on any atom is -0.475 e. The van der Waals surface area contributed by atoms with Gasteiger partial charge in [0.15, 0.2) is 5.60 Å². The first-order valence-electron chi connectivity index (χ1n) is 4.06. The molecule has 0 saturated heterocycles. The zero-order chi connectivity index (χ0) is 10.8. The van der Waals surface area contributed by atoms with Gasteiger partial charge < -0.3 is 4.74 Å². The smallest absolute Gasteiger partial charge is 0.163 e. The van der Waals surface area contributed by atoms with E-state index in [0.717, 1.165) is 0 Å². The molecule has 0 saturated carbocycles. The summed E-state index contributed by atoms with van der Waals surface area (Å²) in [4.78, 5) is 0. The van der Waals surface area contributed by atoms with Gasteiger partial charge in [0.1, 0.15) is 11.6 Å². The summed E-state index contributed by atoms with van der Waals surface area (Å²) < 4.78 is 18.3. The average molecular weight is 213 g/mol. The molecular weight excluding hydrogens is 203 g/mol. The van der Waals surface area contributed by atoms with E-state index in [1.165, 1.54) is 12.1 Å². The van der Waals surface area contributed by atoms with Crippen molar-refractivity contribution in [2.24, 2.45) is 0 Å². The Kier molecular flexibility index (Phi) is 3.03. The van der Waals surface area contributed by atoms with E-state index in [-0.39, 0.29) is 5.02 Å². The average Bonchev–Trinajstić information content (AvgIpc) is 2.11. The van der Waals surface area contributed by atoms with Gasteiger partial charge in [-0.2, -0.15) is 0 Å². The monoisotopic (exact) mass is 212 g/mol. The molecule has 1 rings (SSSR count). The fourth-order valence-corrected chi connectivity index (χ4v) is 0.982. The summed E-state index contributed by atoms with van der Waals surface area (Å²) in [6.07, 6.45) is 5.23. The van der Waals surface area contributed by atoms with Crippen LogP contribution >= 0.6 is 11.6 Å². The van der Waals surface area contributed by atoms with E-state index >= 15 is 0 Å².